The number of carbonyl (C=O) groups is 2. The number of halogens is 1. The number of aryl methyl sites for hydroxylation is 2. The maximum Gasteiger partial charge on any atom is 0.258 e. The van der Waals surface area contributed by atoms with Crippen LogP contribution in [0.25, 0.3) is 0 Å². The second kappa shape index (κ2) is 8.49. The van der Waals surface area contributed by atoms with Crippen molar-refractivity contribution in [1.29, 1.82) is 0 Å². The van der Waals surface area contributed by atoms with Crippen molar-refractivity contribution >= 4 is 33.4 Å². The Morgan fingerprint density at radius 2 is 1.67 bits per heavy atom. The second-order valence-electron chi connectivity index (χ2n) is 5.31. The Bertz CT molecular complexity index is 727. The molecular weight excluding hydrogens is 372 g/mol. The highest BCUT2D eigenvalue weighted by Crippen LogP contribution is 2.23. The van der Waals surface area contributed by atoms with Crippen LogP contribution < -0.4 is 15.4 Å². The predicted octanol–water partition coefficient (Wildman–Crippen LogP) is 3.20. The Morgan fingerprint density at radius 3 is 2.33 bits per heavy atom. The van der Waals surface area contributed by atoms with Crippen LogP contribution in [0.2, 0.25) is 0 Å². The number of hydrogen-bond acceptors (Lipinski definition) is 3. The molecule has 0 aliphatic carbocycles. The summed E-state index contributed by atoms with van der Waals surface area (Å²) in [6.45, 7) is 3.59. The van der Waals surface area contributed by atoms with Crippen molar-refractivity contribution in [1.82, 2.24) is 5.32 Å². The molecule has 0 bridgehead atoms. The number of rotatable bonds is 6. The number of ether oxygens (including phenoxy) is 1. The number of benzene rings is 2. The van der Waals surface area contributed by atoms with Gasteiger partial charge in [0.15, 0.2) is 6.61 Å². The van der Waals surface area contributed by atoms with Gasteiger partial charge in [-0.25, -0.2) is 0 Å². The highest BCUT2D eigenvalue weighted by molar-refractivity contribution is 9.10. The summed E-state index contributed by atoms with van der Waals surface area (Å²) in [6.07, 6.45) is 0. The van der Waals surface area contributed by atoms with Gasteiger partial charge in [-0.05, 0) is 53.0 Å². The molecule has 6 heteroatoms. The summed E-state index contributed by atoms with van der Waals surface area (Å²) in [6, 6.07) is 13.0. The summed E-state index contributed by atoms with van der Waals surface area (Å²) < 4.78 is 6.17. The number of hydrogen-bond donors (Lipinski definition) is 2. The van der Waals surface area contributed by atoms with Gasteiger partial charge < -0.3 is 15.4 Å². The fourth-order valence-electron chi connectivity index (χ4n) is 2.13. The molecule has 0 aliphatic heterocycles. The van der Waals surface area contributed by atoms with Crippen LogP contribution >= 0.6 is 15.9 Å². The molecule has 2 aromatic carbocycles. The first-order valence-corrected chi connectivity index (χ1v) is 8.27. The largest absolute Gasteiger partial charge is 0.483 e. The molecule has 2 rings (SSSR count). The highest BCUT2D eigenvalue weighted by Gasteiger charge is 2.10. The molecule has 0 aromatic heterocycles. The van der Waals surface area contributed by atoms with Crippen LogP contribution in [-0.2, 0) is 9.59 Å². The summed E-state index contributed by atoms with van der Waals surface area (Å²) in [7, 11) is 0. The summed E-state index contributed by atoms with van der Waals surface area (Å²) in [5.74, 6) is -0.0586. The first kappa shape index (κ1) is 18.0. The molecule has 0 saturated carbocycles. The van der Waals surface area contributed by atoms with Crippen molar-refractivity contribution in [2.24, 2.45) is 0 Å². The molecule has 0 fully saturated rings. The zero-order valence-corrected chi connectivity index (χ0v) is 15.1. The minimum absolute atomic E-state index is 0.105. The highest BCUT2D eigenvalue weighted by atomic mass is 79.9. The van der Waals surface area contributed by atoms with Crippen LogP contribution in [0, 0.1) is 13.8 Å². The predicted molar refractivity (Wildman–Crippen MR) is 97.2 cm³/mol. The van der Waals surface area contributed by atoms with E-state index in [-0.39, 0.29) is 25.0 Å². The van der Waals surface area contributed by atoms with Gasteiger partial charge in [-0.1, -0.05) is 30.3 Å². The number of anilines is 1. The lowest BCUT2D eigenvalue weighted by molar-refractivity contribution is -0.125. The van der Waals surface area contributed by atoms with Gasteiger partial charge in [0.25, 0.3) is 5.91 Å². The van der Waals surface area contributed by atoms with Crippen LogP contribution in [0.15, 0.2) is 46.9 Å². The number of nitrogens with one attached hydrogen (secondary N) is 2. The maximum absolute atomic E-state index is 12.0. The van der Waals surface area contributed by atoms with Crippen LogP contribution in [0.5, 0.6) is 5.75 Å². The van der Waals surface area contributed by atoms with E-state index in [1.54, 1.807) is 6.07 Å². The lowest BCUT2D eigenvalue weighted by Crippen LogP contribution is -2.36. The summed E-state index contributed by atoms with van der Waals surface area (Å²) in [5, 5.41) is 5.35. The number of para-hydroxylation sites is 2. The fraction of sp³-hybridized carbons (Fsp3) is 0.222. The van der Waals surface area contributed by atoms with Crippen molar-refractivity contribution in [2.75, 3.05) is 18.5 Å². The monoisotopic (exact) mass is 390 g/mol. The molecule has 2 N–H and O–H groups in total. The topological polar surface area (TPSA) is 67.4 Å². The standard InChI is InChI=1S/C18H19BrN2O3/c1-12-6-5-7-13(2)18(12)21-16(22)10-20-17(23)11-24-15-9-4-3-8-14(15)19/h3-9H,10-11H2,1-2H3,(H,20,23)(H,21,22). The molecule has 5 nitrogen and oxygen atoms in total. The van der Waals surface area contributed by atoms with E-state index < -0.39 is 0 Å². The zero-order valence-electron chi connectivity index (χ0n) is 13.6. The lowest BCUT2D eigenvalue weighted by atomic mass is 10.1. The normalized spacial score (nSPS) is 10.1. The van der Waals surface area contributed by atoms with Gasteiger partial charge >= 0.3 is 0 Å². The Labute approximate surface area is 149 Å². The Kier molecular flexibility index (Phi) is 6.37. The third-order valence-corrected chi connectivity index (χ3v) is 4.04. The van der Waals surface area contributed by atoms with Crippen LogP contribution in [0.4, 0.5) is 5.69 Å². The van der Waals surface area contributed by atoms with Crippen molar-refractivity contribution in [2.45, 2.75) is 13.8 Å². The van der Waals surface area contributed by atoms with Crippen molar-refractivity contribution in [3.05, 3.63) is 58.1 Å². The van der Waals surface area contributed by atoms with Gasteiger partial charge in [0, 0.05) is 5.69 Å². The van der Waals surface area contributed by atoms with Gasteiger partial charge in [-0.3, -0.25) is 9.59 Å². The van der Waals surface area contributed by atoms with Crippen LogP contribution in [-0.4, -0.2) is 25.0 Å². The van der Waals surface area contributed by atoms with Crippen LogP contribution in [0.3, 0.4) is 0 Å². The van der Waals surface area contributed by atoms with Crippen LogP contribution in [0.1, 0.15) is 11.1 Å². The minimum Gasteiger partial charge on any atom is -0.483 e. The Hall–Kier alpha value is -2.34. The summed E-state index contributed by atoms with van der Waals surface area (Å²) in [4.78, 5) is 23.8. The minimum atomic E-state index is -0.359. The fourth-order valence-corrected chi connectivity index (χ4v) is 2.53. The van der Waals surface area contributed by atoms with Gasteiger partial charge in [0.05, 0.1) is 11.0 Å². The molecular formula is C18H19BrN2O3. The quantitative estimate of drug-likeness (QED) is 0.795. The van der Waals surface area contributed by atoms with Crippen molar-refractivity contribution in [3.63, 3.8) is 0 Å². The number of carbonyl (C=O) groups excluding carboxylic acids is 2. The molecule has 126 valence electrons. The van der Waals surface area contributed by atoms with Gasteiger partial charge in [0.2, 0.25) is 5.91 Å². The summed E-state index contributed by atoms with van der Waals surface area (Å²) >= 11 is 3.34. The third-order valence-electron chi connectivity index (χ3n) is 3.39. The van der Waals surface area contributed by atoms with Gasteiger partial charge in [-0.2, -0.15) is 0 Å². The smallest absolute Gasteiger partial charge is 0.258 e. The Morgan fingerprint density at radius 1 is 1.00 bits per heavy atom. The van der Waals surface area contributed by atoms with Gasteiger partial charge in [0.1, 0.15) is 5.75 Å². The average molecular weight is 391 g/mol. The van der Waals surface area contributed by atoms with E-state index in [9.17, 15) is 9.59 Å². The van der Waals surface area contributed by atoms with E-state index in [1.165, 1.54) is 0 Å². The average Bonchev–Trinajstić information content (AvgIpc) is 2.56. The first-order chi connectivity index (χ1) is 11.5. The molecule has 0 atom stereocenters. The first-order valence-electron chi connectivity index (χ1n) is 7.47. The zero-order chi connectivity index (χ0) is 17.5. The van der Waals surface area contributed by atoms with E-state index in [0.29, 0.717) is 5.75 Å². The molecule has 0 spiro atoms. The van der Waals surface area contributed by atoms with E-state index >= 15 is 0 Å². The molecule has 24 heavy (non-hydrogen) atoms. The second-order valence-corrected chi connectivity index (χ2v) is 6.17. The molecule has 2 aromatic rings. The SMILES string of the molecule is Cc1cccc(C)c1NC(=O)CNC(=O)COc1ccccc1Br. The van der Waals surface area contributed by atoms with Crippen molar-refractivity contribution < 1.29 is 14.3 Å². The molecule has 0 unspecified atom stereocenters. The molecule has 0 saturated heterocycles. The van der Waals surface area contributed by atoms with E-state index in [0.717, 1.165) is 21.3 Å². The molecule has 0 aliphatic rings. The number of amides is 2. The summed E-state index contributed by atoms with van der Waals surface area (Å²) in [5.41, 5.74) is 2.74. The molecule has 2 amide bonds. The maximum atomic E-state index is 12.0. The van der Waals surface area contributed by atoms with Crippen molar-refractivity contribution in [3.8, 4) is 5.75 Å². The van der Waals surface area contributed by atoms with E-state index in [1.807, 2.05) is 50.2 Å². The lowest BCUT2D eigenvalue weighted by Gasteiger charge is -2.12. The Balaban J connectivity index is 1.79. The van der Waals surface area contributed by atoms with E-state index in [4.69, 9.17) is 4.74 Å². The molecule has 0 heterocycles. The van der Waals surface area contributed by atoms with E-state index in [2.05, 4.69) is 26.6 Å². The van der Waals surface area contributed by atoms with Gasteiger partial charge in [-0.15, -0.1) is 0 Å². The molecule has 0 radical (unpaired) electrons. The third kappa shape index (κ3) is 5.09.